The van der Waals surface area contributed by atoms with Crippen LogP contribution in [0.3, 0.4) is 0 Å². The monoisotopic (exact) mass is 542 g/mol. The molecular formula is C22H28FIN4O3. The maximum Gasteiger partial charge on any atom is 0.265 e. The number of fused-ring (bicyclic) bond motifs is 1. The Labute approximate surface area is 199 Å². The van der Waals surface area contributed by atoms with E-state index in [2.05, 4.69) is 15.6 Å². The highest BCUT2D eigenvalue weighted by Gasteiger charge is 2.24. The van der Waals surface area contributed by atoms with E-state index < -0.39 is 5.82 Å². The van der Waals surface area contributed by atoms with Crippen LogP contribution in [-0.4, -0.2) is 45.7 Å². The van der Waals surface area contributed by atoms with Gasteiger partial charge < -0.3 is 25.0 Å². The largest absolute Gasteiger partial charge is 0.494 e. The number of carbonyl (C=O) groups excluding carboxylic acids is 1. The second-order valence-electron chi connectivity index (χ2n) is 6.91. The molecule has 1 atom stereocenters. The number of aliphatic imine (C=N–C) groups is 1. The molecule has 2 aromatic rings. The molecule has 0 spiro atoms. The molecule has 0 aliphatic carbocycles. The Hall–Kier alpha value is -2.56. The first-order valence-corrected chi connectivity index (χ1v) is 9.86. The van der Waals surface area contributed by atoms with E-state index in [0.29, 0.717) is 19.0 Å². The standard InChI is InChI=1S/C22H27FN4O3.HI/c1-15(16-9-10-19(29-3)17(23)13-16)26-22(24-2)25-11-6-12-27-18-7-4-5-8-20(18)30-14-21(27)28;/h4-5,7-10,13,15H,6,11-12,14H2,1-3H3,(H2,24,25,26);1H. The summed E-state index contributed by atoms with van der Waals surface area (Å²) in [4.78, 5) is 18.2. The summed E-state index contributed by atoms with van der Waals surface area (Å²) in [6, 6.07) is 12.2. The molecule has 2 N–H and O–H groups in total. The first kappa shape index (κ1) is 24.7. The second kappa shape index (κ2) is 11.7. The number of carbonyl (C=O) groups is 1. The van der Waals surface area contributed by atoms with Gasteiger partial charge in [0.05, 0.1) is 18.8 Å². The van der Waals surface area contributed by atoms with Crippen molar-refractivity contribution in [1.29, 1.82) is 0 Å². The molecule has 31 heavy (non-hydrogen) atoms. The first-order valence-electron chi connectivity index (χ1n) is 9.86. The van der Waals surface area contributed by atoms with E-state index in [4.69, 9.17) is 9.47 Å². The molecule has 9 heteroatoms. The van der Waals surface area contributed by atoms with Crippen molar-refractivity contribution in [1.82, 2.24) is 10.6 Å². The van der Waals surface area contributed by atoms with Gasteiger partial charge >= 0.3 is 0 Å². The van der Waals surface area contributed by atoms with E-state index in [1.807, 2.05) is 37.3 Å². The molecule has 0 bridgehead atoms. The highest BCUT2D eigenvalue weighted by atomic mass is 127. The Morgan fingerprint density at radius 2 is 2.10 bits per heavy atom. The van der Waals surface area contributed by atoms with Gasteiger partial charge in [-0.05, 0) is 43.2 Å². The highest BCUT2D eigenvalue weighted by Crippen LogP contribution is 2.31. The van der Waals surface area contributed by atoms with Crippen LogP contribution in [0.4, 0.5) is 10.1 Å². The molecule has 0 saturated heterocycles. The molecule has 0 saturated carbocycles. The van der Waals surface area contributed by atoms with Crippen molar-refractivity contribution in [2.75, 3.05) is 38.8 Å². The van der Waals surface area contributed by atoms with Gasteiger partial charge in [0.2, 0.25) is 0 Å². The summed E-state index contributed by atoms with van der Waals surface area (Å²) in [7, 11) is 3.12. The number of nitrogens with zero attached hydrogens (tertiary/aromatic N) is 2. The number of nitrogens with one attached hydrogen (secondary N) is 2. The molecule has 2 aromatic carbocycles. The number of ether oxygens (including phenoxy) is 2. The van der Waals surface area contributed by atoms with E-state index in [0.717, 1.165) is 23.4 Å². The molecule has 168 valence electrons. The van der Waals surface area contributed by atoms with Crippen LogP contribution in [0.1, 0.15) is 24.9 Å². The van der Waals surface area contributed by atoms with Crippen LogP contribution in [0.25, 0.3) is 0 Å². The van der Waals surface area contributed by atoms with Crippen molar-refractivity contribution in [2.45, 2.75) is 19.4 Å². The molecule has 7 nitrogen and oxygen atoms in total. The Kier molecular flexibility index (Phi) is 9.35. The number of hydrogen-bond donors (Lipinski definition) is 2. The lowest BCUT2D eigenvalue weighted by Gasteiger charge is -2.29. The maximum atomic E-state index is 14.0. The maximum absolute atomic E-state index is 14.0. The molecule has 0 fully saturated rings. The number of amides is 1. The van der Waals surface area contributed by atoms with Crippen LogP contribution >= 0.6 is 24.0 Å². The molecule has 0 aromatic heterocycles. The number of rotatable bonds is 7. The number of methoxy groups -OCH3 is 1. The third kappa shape index (κ3) is 6.22. The van der Waals surface area contributed by atoms with E-state index >= 15 is 0 Å². The summed E-state index contributed by atoms with van der Waals surface area (Å²) in [5.74, 6) is 1.09. The number of para-hydroxylation sites is 2. The minimum Gasteiger partial charge on any atom is -0.494 e. The summed E-state index contributed by atoms with van der Waals surface area (Å²) in [6.45, 7) is 3.18. The van der Waals surface area contributed by atoms with Gasteiger partial charge in [0.1, 0.15) is 5.75 Å². The number of halogens is 2. The lowest BCUT2D eigenvalue weighted by molar-refractivity contribution is -0.121. The average molecular weight is 542 g/mol. The van der Waals surface area contributed by atoms with Crippen molar-refractivity contribution in [3.05, 3.63) is 53.8 Å². The Bertz CT molecular complexity index is 925. The molecule has 1 aliphatic rings. The third-order valence-electron chi connectivity index (χ3n) is 4.91. The normalized spacial score (nSPS) is 14.1. The molecule has 1 amide bonds. The molecule has 3 rings (SSSR count). The van der Waals surface area contributed by atoms with Crippen molar-refractivity contribution in [3.8, 4) is 11.5 Å². The van der Waals surface area contributed by atoms with Gasteiger partial charge in [-0.2, -0.15) is 0 Å². The summed E-state index contributed by atoms with van der Waals surface area (Å²) < 4.78 is 24.4. The lowest BCUT2D eigenvalue weighted by atomic mass is 10.1. The van der Waals surface area contributed by atoms with E-state index in [9.17, 15) is 9.18 Å². The topological polar surface area (TPSA) is 75.2 Å². The summed E-state index contributed by atoms with van der Waals surface area (Å²) in [6.07, 6.45) is 0.728. The molecule has 1 heterocycles. The van der Waals surface area contributed by atoms with Crippen molar-refractivity contribution >= 4 is 41.5 Å². The summed E-state index contributed by atoms with van der Waals surface area (Å²) >= 11 is 0. The predicted octanol–water partition coefficient (Wildman–Crippen LogP) is 3.49. The molecule has 1 unspecified atom stereocenters. The number of benzene rings is 2. The Balaban J connectivity index is 0.00000341. The minimum atomic E-state index is -0.401. The Morgan fingerprint density at radius 1 is 1.32 bits per heavy atom. The fraction of sp³-hybridized carbons (Fsp3) is 0.364. The van der Waals surface area contributed by atoms with Gasteiger partial charge in [0, 0.05) is 20.1 Å². The van der Waals surface area contributed by atoms with Crippen molar-refractivity contribution in [2.24, 2.45) is 4.99 Å². The van der Waals surface area contributed by atoms with Gasteiger partial charge in [0.15, 0.2) is 24.1 Å². The van der Waals surface area contributed by atoms with Crippen LogP contribution in [0.15, 0.2) is 47.5 Å². The average Bonchev–Trinajstić information content (AvgIpc) is 2.76. The zero-order valence-corrected chi connectivity index (χ0v) is 20.2. The van der Waals surface area contributed by atoms with Crippen molar-refractivity contribution < 1.29 is 18.7 Å². The van der Waals surface area contributed by atoms with E-state index in [-0.39, 0.29) is 48.3 Å². The van der Waals surface area contributed by atoms with E-state index in [1.165, 1.54) is 13.2 Å². The van der Waals surface area contributed by atoms with Crippen LogP contribution in [0.5, 0.6) is 11.5 Å². The first-order chi connectivity index (χ1) is 14.5. The number of guanidine groups is 1. The van der Waals surface area contributed by atoms with Crippen LogP contribution in [0.2, 0.25) is 0 Å². The zero-order chi connectivity index (χ0) is 21.5. The SMILES string of the molecule is CN=C(NCCCN1C(=O)COc2ccccc21)NC(C)c1ccc(OC)c(F)c1.I. The quantitative estimate of drug-likeness (QED) is 0.243. The molecule has 0 radical (unpaired) electrons. The zero-order valence-electron chi connectivity index (χ0n) is 17.9. The second-order valence-corrected chi connectivity index (χ2v) is 6.91. The lowest BCUT2D eigenvalue weighted by Crippen LogP contribution is -2.42. The van der Waals surface area contributed by atoms with Crippen LogP contribution in [0, 0.1) is 5.82 Å². The molecule has 1 aliphatic heterocycles. The smallest absolute Gasteiger partial charge is 0.265 e. The highest BCUT2D eigenvalue weighted by molar-refractivity contribution is 14.0. The molecular weight excluding hydrogens is 514 g/mol. The Morgan fingerprint density at radius 3 is 2.81 bits per heavy atom. The summed E-state index contributed by atoms with van der Waals surface area (Å²) in [5.41, 5.74) is 1.58. The van der Waals surface area contributed by atoms with E-state index in [1.54, 1.807) is 18.0 Å². The minimum absolute atomic E-state index is 0. The number of anilines is 1. The van der Waals surface area contributed by atoms with Crippen LogP contribution < -0.4 is 25.0 Å². The van der Waals surface area contributed by atoms with Gasteiger partial charge in [-0.1, -0.05) is 18.2 Å². The third-order valence-corrected chi connectivity index (χ3v) is 4.91. The fourth-order valence-electron chi connectivity index (χ4n) is 3.28. The fourth-order valence-corrected chi connectivity index (χ4v) is 3.28. The van der Waals surface area contributed by atoms with Gasteiger partial charge in [0.25, 0.3) is 5.91 Å². The number of hydrogen-bond acceptors (Lipinski definition) is 4. The van der Waals surface area contributed by atoms with Crippen molar-refractivity contribution in [3.63, 3.8) is 0 Å². The van der Waals surface area contributed by atoms with Gasteiger partial charge in [-0.3, -0.25) is 9.79 Å². The van der Waals surface area contributed by atoms with Gasteiger partial charge in [-0.15, -0.1) is 24.0 Å². The summed E-state index contributed by atoms with van der Waals surface area (Å²) in [5, 5.41) is 6.48. The van der Waals surface area contributed by atoms with Gasteiger partial charge in [-0.25, -0.2) is 4.39 Å². The predicted molar refractivity (Wildman–Crippen MR) is 130 cm³/mol. The van der Waals surface area contributed by atoms with Crippen LogP contribution in [-0.2, 0) is 4.79 Å².